The number of aromatic nitrogens is 3. The second kappa shape index (κ2) is 7.84. The number of rotatable bonds is 6. The van der Waals surface area contributed by atoms with Gasteiger partial charge in [0, 0.05) is 18.1 Å². The third kappa shape index (κ3) is 3.81. The van der Waals surface area contributed by atoms with E-state index >= 15 is 0 Å². The first kappa shape index (κ1) is 19.0. The highest BCUT2D eigenvalue weighted by Crippen LogP contribution is 2.35. The molecule has 140 valence electrons. The van der Waals surface area contributed by atoms with Crippen LogP contribution in [0.5, 0.6) is 0 Å². The number of pyridine rings is 1. The van der Waals surface area contributed by atoms with E-state index in [1.807, 2.05) is 6.92 Å². The Hall–Kier alpha value is -1.79. The van der Waals surface area contributed by atoms with Gasteiger partial charge in [-0.3, -0.25) is 13.8 Å². The Bertz CT molecular complexity index is 802. The van der Waals surface area contributed by atoms with Crippen molar-refractivity contribution in [1.82, 2.24) is 24.7 Å². The van der Waals surface area contributed by atoms with Crippen LogP contribution < -0.4 is 4.65 Å². The molecule has 0 amide bonds. The van der Waals surface area contributed by atoms with Gasteiger partial charge < -0.3 is 9.94 Å². The number of quaternary nitrogens is 1. The molecule has 3 heterocycles. The molecule has 26 heavy (non-hydrogen) atoms. The van der Waals surface area contributed by atoms with Gasteiger partial charge in [-0.25, -0.2) is 9.69 Å². The number of hydrogen-bond donors (Lipinski definition) is 0. The maximum Gasteiger partial charge on any atom is 0.344 e. The lowest BCUT2D eigenvalue weighted by atomic mass is 10.3. The fraction of sp³-hybridized carbons (Fsp3) is 0.467. The molecule has 3 unspecified atom stereocenters. The monoisotopic (exact) mass is 397 g/mol. The molecule has 0 aromatic carbocycles. The molecule has 2 aromatic rings. The van der Waals surface area contributed by atoms with Crippen molar-refractivity contribution in [1.29, 1.82) is 0 Å². The lowest BCUT2D eigenvalue weighted by molar-refractivity contribution is 0.00555. The molecule has 0 N–H and O–H groups in total. The first-order valence-electron chi connectivity index (χ1n) is 8.04. The molecule has 2 aromatic heterocycles. The molecule has 9 nitrogen and oxygen atoms in total. The van der Waals surface area contributed by atoms with Crippen molar-refractivity contribution in [3.8, 4) is 0 Å². The van der Waals surface area contributed by atoms with Crippen LogP contribution in [-0.2, 0) is 15.5 Å². The Kier molecular flexibility index (Phi) is 5.73. The molecule has 1 aliphatic heterocycles. The predicted molar refractivity (Wildman–Crippen MR) is 97.6 cm³/mol. The van der Waals surface area contributed by atoms with Crippen LogP contribution >= 0.6 is 11.3 Å². The van der Waals surface area contributed by atoms with E-state index in [-0.39, 0.29) is 23.9 Å². The Labute approximate surface area is 157 Å². The van der Waals surface area contributed by atoms with E-state index in [4.69, 9.17) is 4.74 Å². The maximum absolute atomic E-state index is 13.4. The summed E-state index contributed by atoms with van der Waals surface area (Å²) >= 11 is 1.01. The zero-order chi connectivity index (χ0) is 18.7. The Balaban J connectivity index is 1.82. The number of carbonyl (C=O) groups is 1. The number of ether oxygens (including phenoxy) is 1. The predicted octanol–water partition coefficient (Wildman–Crippen LogP) is 1.34. The van der Waals surface area contributed by atoms with Gasteiger partial charge in [-0.1, -0.05) is 12.0 Å². The number of esters is 1. The van der Waals surface area contributed by atoms with Crippen molar-refractivity contribution in [2.75, 3.05) is 26.0 Å². The molecular formula is C15H19N5O4S2. The van der Waals surface area contributed by atoms with Crippen LogP contribution in [-0.4, -0.2) is 62.5 Å². The molecule has 3 rings (SSSR count). The Morgan fingerprint density at radius 1 is 1.54 bits per heavy atom. The molecule has 0 aliphatic carbocycles. The van der Waals surface area contributed by atoms with Crippen molar-refractivity contribution in [3.05, 3.63) is 35.3 Å². The first-order valence-corrected chi connectivity index (χ1v) is 10.2. The summed E-state index contributed by atoms with van der Waals surface area (Å²) in [5.74, 6) is -0.150. The van der Waals surface area contributed by atoms with Crippen LogP contribution in [0.15, 0.2) is 28.9 Å². The lowest BCUT2D eigenvalue weighted by Crippen LogP contribution is -2.50. The summed E-state index contributed by atoms with van der Waals surface area (Å²) in [5, 5.41) is 21.4. The summed E-state index contributed by atoms with van der Waals surface area (Å²) in [6.07, 6.45) is 2.70. The number of nitrogens with zero attached hydrogens (tertiary/aromatic N) is 5. The topological polar surface area (TPSA) is 108 Å². The molecule has 3 atom stereocenters. The van der Waals surface area contributed by atoms with Crippen molar-refractivity contribution in [2.24, 2.45) is 0 Å². The van der Waals surface area contributed by atoms with Gasteiger partial charge in [0.25, 0.3) is 6.23 Å². The van der Waals surface area contributed by atoms with Crippen LogP contribution in [0.25, 0.3) is 0 Å². The maximum atomic E-state index is 13.4. The molecular weight excluding hydrogens is 378 g/mol. The normalized spacial score (nSPS) is 24.5. The Morgan fingerprint density at radius 2 is 2.35 bits per heavy atom. The summed E-state index contributed by atoms with van der Waals surface area (Å²) in [4.78, 5) is 18.0. The van der Waals surface area contributed by atoms with Crippen LogP contribution in [0.1, 0.15) is 23.7 Å². The minimum Gasteiger partial charge on any atom is -0.622 e. The van der Waals surface area contributed by atoms with Gasteiger partial charge in [0.05, 0.1) is 22.9 Å². The number of likely N-dealkylation sites (N-methyl/N-ethyl adjacent to an activating group) is 1. The highest BCUT2D eigenvalue weighted by molar-refractivity contribution is 7.87. The third-order valence-electron chi connectivity index (χ3n) is 3.83. The molecule has 0 spiro atoms. The third-order valence-corrected chi connectivity index (χ3v) is 6.72. The average Bonchev–Trinajstić information content (AvgIpc) is 3.22. The Morgan fingerprint density at radius 3 is 3.04 bits per heavy atom. The van der Waals surface area contributed by atoms with E-state index in [9.17, 15) is 14.2 Å². The van der Waals surface area contributed by atoms with Gasteiger partial charge in [-0.15, -0.1) is 5.10 Å². The largest absolute Gasteiger partial charge is 0.622 e. The van der Waals surface area contributed by atoms with E-state index < -0.39 is 27.6 Å². The standard InChI is InChI=1S/C15H19N5O4S2/c1-3-7-26(23)15-18-17-14(25-15)20(22)10-19(2)9-12(20)24-13(21)11-5-4-6-16-8-11/h4-6,8,12H,3,7,9-10H2,1-2H3. The molecule has 1 saturated heterocycles. The number of carbonyl (C=O) groups excluding carboxylic acids is 1. The van der Waals surface area contributed by atoms with Gasteiger partial charge in [0.15, 0.2) is 0 Å². The van der Waals surface area contributed by atoms with Crippen LogP contribution in [0.4, 0.5) is 5.13 Å². The second-order valence-corrected chi connectivity index (χ2v) is 8.68. The minimum absolute atomic E-state index is 0.0695. The summed E-state index contributed by atoms with van der Waals surface area (Å²) < 4.78 is 16.9. The fourth-order valence-electron chi connectivity index (χ4n) is 2.61. The van der Waals surface area contributed by atoms with Crippen LogP contribution in [0.3, 0.4) is 0 Å². The van der Waals surface area contributed by atoms with Crippen molar-refractivity contribution >= 4 is 33.2 Å². The summed E-state index contributed by atoms with van der Waals surface area (Å²) in [5.41, 5.74) is 0.274. The van der Waals surface area contributed by atoms with Crippen molar-refractivity contribution in [2.45, 2.75) is 23.9 Å². The molecule has 11 heteroatoms. The summed E-state index contributed by atoms with van der Waals surface area (Å²) in [6.45, 7) is 2.26. The van der Waals surface area contributed by atoms with E-state index in [0.717, 1.165) is 17.8 Å². The van der Waals surface area contributed by atoms with Gasteiger partial charge in [-0.2, -0.15) is 0 Å². The van der Waals surface area contributed by atoms with E-state index in [1.54, 1.807) is 30.3 Å². The van der Waals surface area contributed by atoms with Crippen molar-refractivity contribution in [3.63, 3.8) is 0 Å². The number of hydrogen-bond acceptors (Lipinski definition) is 9. The molecule has 1 fully saturated rings. The van der Waals surface area contributed by atoms with Gasteiger partial charge in [-0.05, 0) is 36.9 Å². The molecule has 1 aliphatic rings. The molecule has 0 radical (unpaired) electrons. The van der Waals surface area contributed by atoms with Gasteiger partial charge in [0.2, 0.25) is 4.34 Å². The van der Waals surface area contributed by atoms with E-state index in [1.165, 1.54) is 6.20 Å². The lowest BCUT2D eigenvalue weighted by Gasteiger charge is -2.38. The van der Waals surface area contributed by atoms with Gasteiger partial charge in [0.1, 0.15) is 6.67 Å². The van der Waals surface area contributed by atoms with E-state index in [2.05, 4.69) is 15.2 Å². The quantitative estimate of drug-likeness (QED) is 0.408. The van der Waals surface area contributed by atoms with Crippen LogP contribution in [0.2, 0.25) is 0 Å². The fourth-order valence-corrected chi connectivity index (χ4v) is 4.78. The molecule has 0 bridgehead atoms. The minimum atomic E-state index is -1.28. The zero-order valence-corrected chi connectivity index (χ0v) is 16.0. The summed E-state index contributed by atoms with van der Waals surface area (Å²) in [7, 11) is 0.489. The average molecular weight is 397 g/mol. The first-order chi connectivity index (χ1) is 12.4. The highest BCUT2D eigenvalue weighted by atomic mass is 32.2. The second-order valence-electron chi connectivity index (χ2n) is 5.98. The summed E-state index contributed by atoms with van der Waals surface area (Å²) in [6, 6.07) is 3.20. The van der Waals surface area contributed by atoms with Gasteiger partial charge >= 0.3 is 11.1 Å². The zero-order valence-electron chi connectivity index (χ0n) is 14.4. The number of hydroxylamine groups is 2. The van der Waals surface area contributed by atoms with Crippen molar-refractivity contribution < 1.29 is 13.7 Å². The smallest absolute Gasteiger partial charge is 0.344 e. The highest BCUT2D eigenvalue weighted by Gasteiger charge is 2.45. The van der Waals surface area contributed by atoms with Crippen LogP contribution in [0, 0.1) is 5.21 Å². The molecule has 0 saturated carbocycles. The van der Waals surface area contributed by atoms with E-state index in [0.29, 0.717) is 10.1 Å². The SMILES string of the molecule is CCCS(=O)c1nnc([N+]2([O-])CN(C)CC2OC(=O)c2cccnc2)s1.